The third kappa shape index (κ3) is 4.41. The lowest BCUT2D eigenvalue weighted by Gasteiger charge is -2.38. The van der Waals surface area contributed by atoms with Gasteiger partial charge in [0.2, 0.25) is 5.88 Å². The van der Waals surface area contributed by atoms with Gasteiger partial charge in [-0.05, 0) is 36.6 Å². The van der Waals surface area contributed by atoms with Gasteiger partial charge in [0.05, 0.1) is 29.7 Å². The van der Waals surface area contributed by atoms with Crippen LogP contribution in [0.2, 0.25) is 0 Å². The van der Waals surface area contributed by atoms with Crippen molar-refractivity contribution in [3.05, 3.63) is 65.2 Å². The number of aromatic nitrogens is 2. The number of carbonyl (C=O) groups excluding carboxylic acids is 1. The minimum absolute atomic E-state index is 0.0228. The van der Waals surface area contributed by atoms with Gasteiger partial charge in [0.25, 0.3) is 5.91 Å². The van der Waals surface area contributed by atoms with Crippen molar-refractivity contribution in [2.45, 2.75) is 25.8 Å². The number of nitrogens with two attached hydrogens (primary N) is 1. The van der Waals surface area contributed by atoms with Crippen molar-refractivity contribution >= 4 is 17.3 Å². The molecule has 2 aliphatic rings. The lowest BCUT2D eigenvalue weighted by Crippen LogP contribution is -2.47. The van der Waals surface area contributed by atoms with Gasteiger partial charge in [-0.1, -0.05) is 13.0 Å². The Hall–Kier alpha value is -3.66. The Morgan fingerprint density at radius 2 is 1.91 bits per heavy atom. The monoisotopic (exact) mass is 483 g/mol. The van der Waals surface area contributed by atoms with Crippen LogP contribution in [0.15, 0.2) is 36.5 Å². The zero-order chi connectivity index (χ0) is 24.7. The fourth-order valence-corrected chi connectivity index (χ4v) is 4.81. The molecule has 2 atom stereocenters. The Morgan fingerprint density at radius 1 is 1.14 bits per heavy atom. The van der Waals surface area contributed by atoms with Crippen LogP contribution in [-0.4, -0.2) is 41.6 Å². The van der Waals surface area contributed by atoms with Gasteiger partial charge < -0.3 is 20.7 Å². The van der Waals surface area contributed by atoms with E-state index in [4.69, 9.17) is 10.5 Å². The molecule has 5 rings (SSSR count). The molecule has 0 saturated carbocycles. The zero-order valence-corrected chi connectivity index (χ0v) is 19.0. The number of piperidine rings is 1. The van der Waals surface area contributed by atoms with E-state index in [-0.39, 0.29) is 11.7 Å². The fourth-order valence-electron chi connectivity index (χ4n) is 4.81. The van der Waals surface area contributed by atoms with Crippen LogP contribution in [-0.2, 0) is 6.42 Å². The lowest BCUT2D eigenvalue weighted by molar-refractivity contribution is 0.102. The Morgan fingerprint density at radius 3 is 2.66 bits per heavy atom. The van der Waals surface area contributed by atoms with E-state index < -0.39 is 34.6 Å². The van der Waals surface area contributed by atoms with E-state index in [0.717, 1.165) is 48.5 Å². The first kappa shape index (κ1) is 23.1. The van der Waals surface area contributed by atoms with Crippen LogP contribution in [0.1, 0.15) is 29.4 Å². The number of amides is 1. The van der Waals surface area contributed by atoms with E-state index in [1.807, 2.05) is 0 Å². The number of fused-ring (bicyclic) bond motifs is 1. The molecule has 3 N–H and O–H groups in total. The van der Waals surface area contributed by atoms with Gasteiger partial charge in [-0.2, -0.15) is 0 Å². The number of nitrogens with zero attached hydrogens (tertiary/aromatic N) is 3. The van der Waals surface area contributed by atoms with Crippen molar-refractivity contribution in [2.75, 3.05) is 29.9 Å². The molecule has 0 bridgehead atoms. The van der Waals surface area contributed by atoms with Gasteiger partial charge in [-0.25, -0.2) is 23.1 Å². The van der Waals surface area contributed by atoms with Crippen LogP contribution in [0, 0.1) is 23.4 Å². The first-order valence-electron chi connectivity index (χ1n) is 11.4. The molecular weight excluding hydrogens is 459 g/mol. The van der Waals surface area contributed by atoms with Crippen molar-refractivity contribution in [1.82, 2.24) is 9.97 Å². The number of rotatable bonds is 4. The molecular formula is C25H24F3N5O2. The van der Waals surface area contributed by atoms with Crippen molar-refractivity contribution in [2.24, 2.45) is 11.7 Å². The number of ether oxygens (including phenoxy) is 1. The fraction of sp³-hybridized carbons (Fsp3) is 0.320. The Balaban J connectivity index is 1.51. The highest BCUT2D eigenvalue weighted by Crippen LogP contribution is 2.40. The van der Waals surface area contributed by atoms with Crippen molar-refractivity contribution in [3.63, 3.8) is 0 Å². The minimum atomic E-state index is -0.977. The summed E-state index contributed by atoms with van der Waals surface area (Å²) in [7, 11) is 0. The van der Waals surface area contributed by atoms with Crippen LogP contribution in [0.4, 0.5) is 24.5 Å². The molecule has 1 amide bonds. The average molecular weight is 483 g/mol. The number of anilines is 2. The Kier molecular flexibility index (Phi) is 6.06. The number of hydrogen-bond donors (Lipinski definition) is 2. The molecule has 182 valence electrons. The average Bonchev–Trinajstić information content (AvgIpc) is 3.28. The summed E-state index contributed by atoms with van der Waals surface area (Å²) in [6.07, 6.45) is 3.03. The quantitative estimate of drug-likeness (QED) is 0.584. The third-order valence-electron chi connectivity index (χ3n) is 6.24. The predicted molar refractivity (Wildman–Crippen MR) is 125 cm³/mol. The number of carbonyl (C=O) groups is 1. The molecule has 0 radical (unpaired) electrons. The standard InChI is InChI=1S/C25H24F3N5O2/c1-13-9-14(29)12-33(11-13)23-15-7-8-35-25(15)30-10-20(23)32-24(34)19-6-5-18(28)22(31-19)21-16(26)3-2-4-17(21)27/h2-6,10,13-14H,7-9,11-12,29H2,1H3,(H,32,34)/t13-,14?/m1/s1. The van der Waals surface area contributed by atoms with E-state index in [1.54, 1.807) is 0 Å². The highest BCUT2D eigenvalue weighted by Gasteiger charge is 2.30. The summed E-state index contributed by atoms with van der Waals surface area (Å²) in [5, 5.41) is 2.80. The number of hydrogen-bond acceptors (Lipinski definition) is 6. The summed E-state index contributed by atoms with van der Waals surface area (Å²) in [6.45, 7) is 3.96. The van der Waals surface area contributed by atoms with E-state index in [0.29, 0.717) is 37.1 Å². The highest BCUT2D eigenvalue weighted by molar-refractivity contribution is 6.05. The van der Waals surface area contributed by atoms with E-state index in [1.165, 1.54) is 12.3 Å². The summed E-state index contributed by atoms with van der Waals surface area (Å²) >= 11 is 0. The molecule has 2 aromatic heterocycles. The molecule has 35 heavy (non-hydrogen) atoms. The zero-order valence-electron chi connectivity index (χ0n) is 19.0. The Bertz CT molecular complexity index is 1270. The number of pyridine rings is 2. The Labute approximate surface area is 200 Å². The second kappa shape index (κ2) is 9.18. The lowest BCUT2D eigenvalue weighted by atomic mass is 9.95. The van der Waals surface area contributed by atoms with Crippen LogP contribution < -0.4 is 20.7 Å². The minimum Gasteiger partial charge on any atom is -0.477 e. The van der Waals surface area contributed by atoms with Crippen LogP contribution in [0.5, 0.6) is 5.88 Å². The maximum absolute atomic E-state index is 14.5. The maximum atomic E-state index is 14.5. The highest BCUT2D eigenvalue weighted by atomic mass is 19.1. The first-order chi connectivity index (χ1) is 16.8. The van der Waals surface area contributed by atoms with Gasteiger partial charge in [0.1, 0.15) is 28.8 Å². The number of nitrogens with one attached hydrogen (secondary N) is 1. The van der Waals surface area contributed by atoms with Crippen molar-refractivity contribution in [1.29, 1.82) is 0 Å². The summed E-state index contributed by atoms with van der Waals surface area (Å²) in [4.78, 5) is 23.6. The van der Waals surface area contributed by atoms with E-state index in [9.17, 15) is 18.0 Å². The van der Waals surface area contributed by atoms with Crippen LogP contribution >= 0.6 is 0 Å². The van der Waals surface area contributed by atoms with Gasteiger partial charge in [-0.15, -0.1) is 0 Å². The summed E-state index contributed by atoms with van der Waals surface area (Å²) in [5.41, 5.74) is 6.96. The first-order valence-corrected chi connectivity index (χ1v) is 11.4. The largest absolute Gasteiger partial charge is 0.477 e. The third-order valence-corrected chi connectivity index (χ3v) is 6.24. The second-order valence-electron chi connectivity index (χ2n) is 8.99. The molecule has 1 fully saturated rings. The molecule has 1 aromatic carbocycles. The predicted octanol–water partition coefficient (Wildman–Crippen LogP) is 3.92. The van der Waals surface area contributed by atoms with E-state index in [2.05, 4.69) is 27.1 Å². The number of benzene rings is 1. The van der Waals surface area contributed by atoms with Gasteiger partial charge in [0, 0.05) is 31.1 Å². The van der Waals surface area contributed by atoms with Crippen LogP contribution in [0.3, 0.4) is 0 Å². The molecule has 2 aliphatic heterocycles. The SMILES string of the molecule is C[C@@H]1CC(N)CN(c2c(NC(=O)c3ccc(F)c(-c4c(F)cccc4F)n3)cnc3c2CCO3)C1. The molecule has 4 heterocycles. The van der Waals surface area contributed by atoms with Gasteiger partial charge in [-0.3, -0.25) is 4.79 Å². The second-order valence-corrected chi connectivity index (χ2v) is 8.99. The van der Waals surface area contributed by atoms with E-state index >= 15 is 0 Å². The normalized spacial score (nSPS) is 19.3. The maximum Gasteiger partial charge on any atom is 0.274 e. The molecule has 0 aliphatic carbocycles. The molecule has 1 unspecified atom stereocenters. The molecule has 7 nitrogen and oxygen atoms in total. The van der Waals surface area contributed by atoms with Crippen molar-refractivity contribution < 1.29 is 22.7 Å². The number of halogens is 3. The van der Waals surface area contributed by atoms with Gasteiger partial charge in [0.15, 0.2) is 0 Å². The smallest absolute Gasteiger partial charge is 0.274 e. The van der Waals surface area contributed by atoms with Crippen LogP contribution in [0.25, 0.3) is 11.3 Å². The summed E-state index contributed by atoms with van der Waals surface area (Å²) < 4.78 is 48.6. The molecule has 0 spiro atoms. The molecule has 1 saturated heterocycles. The summed E-state index contributed by atoms with van der Waals surface area (Å²) in [6, 6.07) is 5.27. The van der Waals surface area contributed by atoms with Crippen molar-refractivity contribution in [3.8, 4) is 17.1 Å². The topological polar surface area (TPSA) is 93.4 Å². The van der Waals surface area contributed by atoms with Gasteiger partial charge >= 0.3 is 0 Å². The molecule has 10 heteroatoms. The molecule has 3 aromatic rings. The summed E-state index contributed by atoms with van der Waals surface area (Å²) in [5.74, 6) is -2.70.